The van der Waals surface area contributed by atoms with Gasteiger partial charge in [-0.15, -0.1) is 0 Å². The highest BCUT2D eigenvalue weighted by atomic mass is 32.1. The van der Waals surface area contributed by atoms with Gasteiger partial charge in [0.05, 0.1) is 0 Å². The molecule has 2 aromatic heterocycles. The van der Waals surface area contributed by atoms with Gasteiger partial charge in [-0.2, -0.15) is 4.37 Å². The van der Waals surface area contributed by atoms with Crippen LogP contribution in [-0.4, -0.2) is 14.3 Å². The highest BCUT2D eigenvalue weighted by Gasteiger charge is 2.02. The summed E-state index contributed by atoms with van der Waals surface area (Å²) in [4.78, 5) is 8.48. The molecule has 0 bridgehead atoms. The van der Waals surface area contributed by atoms with Gasteiger partial charge in [-0.3, -0.25) is 4.98 Å². The first-order chi connectivity index (χ1) is 6.25. The molecule has 0 aliphatic carbocycles. The van der Waals surface area contributed by atoms with E-state index in [0.29, 0.717) is 0 Å². The molecule has 0 aliphatic rings. The Bertz CT molecular complexity index is 405. The lowest BCUT2D eigenvalue weighted by Gasteiger charge is -1.94. The summed E-state index contributed by atoms with van der Waals surface area (Å²) in [7, 11) is 0. The Labute approximate surface area is 80.7 Å². The van der Waals surface area contributed by atoms with Crippen LogP contribution in [0.1, 0.15) is 11.5 Å². The molecule has 0 aliphatic heterocycles. The fourth-order valence-electron chi connectivity index (χ4n) is 1.01. The molecule has 2 heterocycles. The number of aryl methyl sites for hydroxylation is 2. The van der Waals surface area contributed by atoms with E-state index in [2.05, 4.69) is 14.3 Å². The van der Waals surface area contributed by atoms with E-state index in [-0.39, 0.29) is 0 Å². The fourth-order valence-corrected chi connectivity index (χ4v) is 1.67. The van der Waals surface area contributed by atoms with E-state index in [4.69, 9.17) is 0 Å². The third-order valence-electron chi connectivity index (χ3n) is 1.69. The van der Waals surface area contributed by atoms with Crippen LogP contribution in [0, 0.1) is 13.8 Å². The minimum Gasteiger partial charge on any atom is -0.261 e. The van der Waals surface area contributed by atoms with E-state index in [1.54, 1.807) is 0 Å². The van der Waals surface area contributed by atoms with E-state index in [0.717, 1.165) is 22.1 Å². The van der Waals surface area contributed by atoms with Crippen molar-refractivity contribution in [1.82, 2.24) is 14.3 Å². The number of hydrogen-bond donors (Lipinski definition) is 0. The molecule has 2 aromatic rings. The zero-order valence-electron chi connectivity index (χ0n) is 7.48. The standard InChI is InChI=1S/C9H9N3S/c1-6-3-4-8(5-10-6)9-11-7(2)12-13-9/h3-5H,1-2H3. The number of rotatable bonds is 1. The van der Waals surface area contributed by atoms with Gasteiger partial charge in [0.25, 0.3) is 0 Å². The van der Waals surface area contributed by atoms with E-state index < -0.39 is 0 Å². The Balaban J connectivity index is 2.41. The zero-order valence-corrected chi connectivity index (χ0v) is 8.30. The molecule has 0 radical (unpaired) electrons. The van der Waals surface area contributed by atoms with Gasteiger partial charge in [-0.25, -0.2) is 4.98 Å². The number of pyridine rings is 1. The molecule has 0 amide bonds. The maximum absolute atomic E-state index is 4.28. The summed E-state index contributed by atoms with van der Waals surface area (Å²) < 4.78 is 4.12. The smallest absolute Gasteiger partial charge is 0.145 e. The van der Waals surface area contributed by atoms with Crippen LogP contribution in [0.4, 0.5) is 0 Å². The van der Waals surface area contributed by atoms with Crippen LogP contribution in [0.15, 0.2) is 18.3 Å². The second-order valence-corrected chi connectivity index (χ2v) is 3.59. The fraction of sp³-hybridized carbons (Fsp3) is 0.222. The molecular formula is C9H9N3S. The molecule has 0 saturated carbocycles. The zero-order chi connectivity index (χ0) is 9.26. The molecule has 66 valence electrons. The van der Waals surface area contributed by atoms with Gasteiger partial charge in [0.2, 0.25) is 0 Å². The molecule has 0 aromatic carbocycles. The topological polar surface area (TPSA) is 38.7 Å². The molecule has 0 fully saturated rings. The first kappa shape index (κ1) is 8.31. The summed E-state index contributed by atoms with van der Waals surface area (Å²) in [6.45, 7) is 3.86. The summed E-state index contributed by atoms with van der Waals surface area (Å²) >= 11 is 1.41. The van der Waals surface area contributed by atoms with Crippen LogP contribution >= 0.6 is 11.5 Å². The molecule has 13 heavy (non-hydrogen) atoms. The van der Waals surface area contributed by atoms with Crippen molar-refractivity contribution in [2.45, 2.75) is 13.8 Å². The van der Waals surface area contributed by atoms with E-state index in [1.165, 1.54) is 11.5 Å². The third kappa shape index (κ3) is 1.72. The molecular weight excluding hydrogens is 182 g/mol. The highest BCUT2D eigenvalue weighted by Crippen LogP contribution is 2.19. The third-order valence-corrected chi connectivity index (χ3v) is 2.54. The molecule has 0 N–H and O–H groups in total. The van der Waals surface area contributed by atoms with Crippen molar-refractivity contribution in [3.63, 3.8) is 0 Å². The maximum atomic E-state index is 4.28. The first-order valence-corrected chi connectivity index (χ1v) is 4.76. The average molecular weight is 191 g/mol. The van der Waals surface area contributed by atoms with Crippen molar-refractivity contribution in [1.29, 1.82) is 0 Å². The van der Waals surface area contributed by atoms with Crippen LogP contribution in [0.25, 0.3) is 10.6 Å². The van der Waals surface area contributed by atoms with Gasteiger partial charge < -0.3 is 0 Å². The molecule has 0 spiro atoms. The van der Waals surface area contributed by atoms with Crippen molar-refractivity contribution in [2.75, 3.05) is 0 Å². The van der Waals surface area contributed by atoms with Gasteiger partial charge in [0.1, 0.15) is 10.8 Å². The SMILES string of the molecule is Cc1ccc(-c2nc(C)ns2)cn1. The van der Waals surface area contributed by atoms with Crippen molar-refractivity contribution in [2.24, 2.45) is 0 Å². The van der Waals surface area contributed by atoms with Crippen molar-refractivity contribution in [3.8, 4) is 10.6 Å². The van der Waals surface area contributed by atoms with Gasteiger partial charge in [0, 0.05) is 17.5 Å². The van der Waals surface area contributed by atoms with Crippen LogP contribution in [-0.2, 0) is 0 Å². The monoisotopic (exact) mass is 191 g/mol. The largest absolute Gasteiger partial charge is 0.261 e. The van der Waals surface area contributed by atoms with Crippen molar-refractivity contribution in [3.05, 3.63) is 29.8 Å². The Morgan fingerprint density at radius 2 is 2.08 bits per heavy atom. The van der Waals surface area contributed by atoms with Crippen molar-refractivity contribution < 1.29 is 0 Å². The number of hydrogen-bond acceptors (Lipinski definition) is 4. The average Bonchev–Trinajstić information content (AvgIpc) is 2.53. The lowest BCUT2D eigenvalue weighted by molar-refractivity contribution is 1.16. The Hall–Kier alpha value is -1.29. The summed E-state index contributed by atoms with van der Waals surface area (Å²) in [6, 6.07) is 3.99. The predicted octanol–water partition coefficient (Wildman–Crippen LogP) is 2.22. The quantitative estimate of drug-likeness (QED) is 0.693. The van der Waals surface area contributed by atoms with Gasteiger partial charge >= 0.3 is 0 Å². The van der Waals surface area contributed by atoms with Gasteiger partial charge in [0.15, 0.2) is 0 Å². The Morgan fingerprint density at radius 1 is 1.23 bits per heavy atom. The van der Waals surface area contributed by atoms with Crippen LogP contribution < -0.4 is 0 Å². The second kappa shape index (κ2) is 3.22. The van der Waals surface area contributed by atoms with Crippen LogP contribution in [0.2, 0.25) is 0 Å². The lowest BCUT2D eigenvalue weighted by Crippen LogP contribution is -1.82. The highest BCUT2D eigenvalue weighted by molar-refractivity contribution is 7.09. The minimum atomic E-state index is 0.820. The predicted molar refractivity (Wildman–Crippen MR) is 52.6 cm³/mol. The number of nitrogens with zero attached hydrogens (tertiary/aromatic N) is 3. The Morgan fingerprint density at radius 3 is 2.62 bits per heavy atom. The van der Waals surface area contributed by atoms with E-state index >= 15 is 0 Å². The van der Waals surface area contributed by atoms with Gasteiger partial charge in [-0.1, -0.05) is 0 Å². The second-order valence-electron chi connectivity index (χ2n) is 2.83. The molecule has 0 saturated heterocycles. The van der Waals surface area contributed by atoms with Gasteiger partial charge in [-0.05, 0) is 37.5 Å². The molecule has 0 atom stereocenters. The number of aromatic nitrogens is 3. The van der Waals surface area contributed by atoms with E-state index in [1.807, 2.05) is 32.2 Å². The molecule has 2 rings (SSSR count). The summed E-state index contributed by atoms with van der Waals surface area (Å²) in [6.07, 6.45) is 1.83. The Kier molecular flexibility index (Phi) is 2.06. The summed E-state index contributed by atoms with van der Waals surface area (Å²) in [5.41, 5.74) is 2.06. The van der Waals surface area contributed by atoms with E-state index in [9.17, 15) is 0 Å². The lowest BCUT2D eigenvalue weighted by atomic mass is 10.3. The minimum absolute atomic E-state index is 0.820. The molecule has 3 nitrogen and oxygen atoms in total. The molecule has 4 heteroatoms. The van der Waals surface area contributed by atoms with Crippen molar-refractivity contribution >= 4 is 11.5 Å². The maximum Gasteiger partial charge on any atom is 0.145 e. The normalized spacial score (nSPS) is 10.3. The summed E-state index contributed by atoms with van der Waals surface area (Å²) in [5.74, 6) is 0.820. The first-order valence-electron chi connectivity index (χ1n) is 3.99. The van der Waals surface area contributed by atoms with Crippen LogP contribution in [0.3, 0.4) is 0 Å². The summed E-state index contributed by atoms with van der Waals surface area (Å²) in [5, 5.41) is 0.935. The van der Waals surface area contributed by atoms with Crippen LogP contribution in [0.5, 0.6) is 0 Å². The molecule has 0 unspecified atom stereocenters.